The number of aromatic nitrogens is 2. The minimum Gasteiger partial charge on any atom is -0.381 e. The predicted octanol–water partition coefficient (Wildman–Crippen LogP) is 1.99. The van der Waals surface area contributed by atoms with Crippen LogP contribution in [0.5, 0.6) is 0 Å². The van der Waals surface area contributed by atoms with Gasteiger partial charge in [0.25, 0.3) is 0 Å². The van der Waals surface area contributed by atoms with Gasteiger partial charge in [0.05, 0.1) is 17.6 Å². The monoisotopic (exact) mass is 232 g/mol. The van der Waals surface area contributed by atoms with Gasteiger partial charge >= 0.3 is 0 Å². The highest BCUT2D eigenvalue weighted by atomic mass is 15.0. The number of nitrogens with two attached hydrogens (primary N) is 1. The van der Waals surface area contributed by atoms with E-state index in [1.807, 2.05) is 6.20 Å². The molecule has 3 N–H and O–H groups in total. The highest BCUT2D eigenvalue weighted by molar-refractivity contribution is 5.49. The molecule has 1 aromatic rings. The van der Waals surface area contributed by atoms with Gasteiger partial charge in [0.2, 0.25) is 0 Å². The van der Waals surface area contributed by atoms with Gasteiger partial charge in [0.1, 0.15) is 5.82 Å². The van der Waals surface area contributed by atoms with Crippen LogP contribution in [0.1, 0.15) is 55.5 Å². The van der Waals surface area contributed by atoms with E-state index >= 15 is 0 Å². The Bertz CT molecular complexity index is 396. The molecular formula is C13H20N4. The number of hydrogen-bond acceptors (Lipinski definition) is 4. The summed E-state index contributed by atoms with van der Waals surface area (Å²) < 4.78 is 0. The van der Waals surface area contributed by atoms with E-state index in [9.17, 15) is 0 Å². The molecule has 4 heteroatoms. The maximum absolute atomic E-state index is 5.52. The van der Waals surface area contributed by atoms with Crippen LogP contribution in [0.4, 0.5) is 5.69 Å². The van der Waals surface area contributed by atoms with Crippen molar-refractivity contribution in [1.82, 2.24) is 9.97 Å². The van der Waals surface area contributed by atoms with E-state index in [4.69, 9.17) is 10.7 Å². The van der Waals surface area contributed by atoms with Gasteiger partial charge in [-0.3, -0.25) is 0 Å². The second kappa shape index (κ2) is 4.61. The van der Waals surface area contributed by atoms with E-state index in [2.05, 4.69) is 10.3 Å². The molecular weight excluding hydrogens is 212 g/mol. The summed E-state index contributed by atoms with van der Waals surface area (Å²) in [4.78, 5) is 9.31. The van der Waals surface area contributed by atoms with E-state index in [-0.39, 0.29) is 0 Å². The maximum Gasteiger partial charge on any atom is 0.131 e. The Hall–Kier alpha value is -1.16. The molecule has 0 aliphatic heterocycles. The molecule has 2 aliphatic rings. The third kappa shape index (κ3) is 2.27. The lowest BCUT2D eigenvalue weighted by Gasteiger charge is -2.24. The van der Waals surface area contributed by atoms with Gasteiger partial charge in [0.15, 0.2) is 0 Å². The third-order valence-electron chi connectivity index (χ3n) is 3.73. The molecule has 0 bridgehead atoms. The first kappa shape index (κ1) is 11.0. The highest BCUT2D eigenvalue weighted by Crippen LogP contribution is 2.43. The fraction of sp³-hybridized carbons (Fsp3) is 0.692. The minimum atomic E-state index is 0.621. The third-order valence-corrected chi connectivity index (χ3v) is 3.73. The number of rotatable bonds is 5. The summed E-state index contributed by atoms with van der Waals surface area (Å²) in [5.41, 5.74) is 7.85. The molecule has 2 aliphatic carbocycles. The predicted molar refractivity (Wildman–Crippen MR) is 68.1 cm³/mol. The molecule has 1 aromatic heterocycles. The second-order valence-electron chi connectivity index (χ2n) is 5.14. The summed E-state index contributed by atoms with van der Waals surface area (Å²) in [6, 6.07) is 0. The number of anilines is 1. The summed E-state index contributed by atoms with van der Waals surface area (Å²) in [7, 11) is 0. The minimum absolute atomic E-state index is 0.621. The molecule has 17 heavy (non-hydrogen) atoms. The summed E-state index contributed by atoms with van der Waals surface area (Å²) in [5.74, 6) is 2.35. The zero-order valence-corrected chi connectivity index (χ0v) is 10.2. The van der Waals surface area contributed by atoms with Crippen LogP contribution in [-0.2, 0) is 0 Å². The SMILES string of the molecule is NCCNc1cnc(C2CCC2)nc1C1CC1. The Labute approximate surface area is 102 Å². The molecule has 4 nitrogen and oxygen atoms in total. The van der Waals surface area contributed by atoms with Crippen LogP contribution in [0.3, 0.4) is 0 Å². The van der Waals surface area contributed by atoms with E-state index in [1.165, 1.54) is 37.8 Å². The molecule has 0 spiro atoms. The standard InChI is InChI=1S/C13H20N4/c14-6-7-15-11-8-16-13(10-2-1-3-10)17-12(11)9-4-5-9/h8-10,15H,1-7,14H2. The Morgan fingerprint density at radius 1 is 1.24 bits per heavy atom. The molecule has 0 atom stereocenters. The molecule has 1 heterocycles. The van der Waals surface area contributed by atoms with Crippen molar-refractivity contribution in [2.24, 2.45) is 5.73 Å². The lowest BCUT2D eigenvalue weighted by Crippen LogP contribution is -2.17. The van der Waals surface area contributed by atoms with E-state index in [1.54, 1.807) is 0 Å². The van der Waals surface area contributed by atoms with Crippen molar-refractivity contribution < 1.29 is 0 Å². The smallest absolute Gasteiger partial charge is 0.131 e. The molecule has 2 fully saturated rings. The van der Waals surface area contributed by atoms with Crippen molar-refractivity contribution in [2.75, 3.05) is 18.4 Å². The van der Waals surface area contributed by atoms with E-state index < -0.39 is 0 Å². The van der Waals surface area contributed by atoms with Crippen molar-refractivity contribution in [2.45, 2.75) is 43.9 Å². The van der Waals surface area contributed by atoms with Crippen molar-refractivity contribution in [3.8, 4) is 0 Å². The van der Waals surface area contributed by atoms with Crippen molar-refractivity contribution in [3.05, 3.63) is 17.7 Å². The largest absolute Gasteiger partial charge is 0.381 e. The molecule has 0 unspecified atom stereocenters. The normalized spacial score (nSPS) is 20.1. The summed E-state index contributed by atoms with van der Waals surface area (Å²) in [6.07, 6.45) is 8.38. The maximum atomic E-state index is 5.52. The van der Waals surface area contributed by atoms with Crippen LogP contribution in [0.15, 0.2) is 6.20 Å². The average Bonchev–Trinajstić information content (AvgIpc) is 3.08. The Morgan fingerprint density at radius 2 is 2.06 bits per heavy atom. The van der Waals surface area contributed by atoms with Gasteiger partial charge in [-0.2, -0.15) is 0 Å². The van der Waals surface area contributed by atoms with Gasteiger partial charge in [-0.25, -0.2) is 9.97 Å². The fourth-order valence-corrected chi connectivity index (χ4v) is 2.28. The Morgan fingerprint density at radius 3 is 2.65 bits per heavy atom. The van der Waals surface area contributed by atoms with E-state index in [0.29, 0.717) is 18.4 Å². The van der Waals surface area contributed by atoms with Crippen LogP contribution < -0.4 is 11.1 Å². The Balaban J connectivity index is 1.82. The Kier molecular flexibility index (Phi) is 2.97. The van der Waals surface area contributed by atoms with Crippen molar-refractivity contribution in [3.63, 3.8) is 0 Å². The molecule has 0 amide bonds. The second-order valence-corrected chi connectivity index (χ2v) is 5.14. The van der Waals surface area contributed by atoms with Crippen LogP contribution in [0, 0.1) is 0 Å². The topological polar surface area (TPSA) is 63.8 Å². The zero-order valence-electron chi connectivity index (χ0n) is 10.2. The van der Waals surface area contributed by atoms with Crippen LogP contribution in [0.25, 0.3) is 0 Å². The van der Waals surface area contributed by atoms with Gasteiger partial charge < -0.3 is 11.1 Å². The van der Waals surface area contributed by atoms with Gasteiger partial charge in [-0.05, 0) is 25.7 Å². The first-order valence-electron chi connectivity index (χ1n) is 6.69. The molecule has 0 radical (unpaired) electrons. The lowest BCUT2D eigenvalue weighted by atomic mass is 9.85. The van der Waals surface area contributed by atoms with Crippen LogP contribution in [0.2, 0.25) is 0 Å². The summed E-state index contributed by atoms with van der Waals surface area (Å²) >= 11 is 0. The first-order valence-corrected chi connectivity index (χ1v) is 6.69. The van der Waals surface area contributed by atoms with Gasteiger partial charge in [0, 0.05) is 24.9 Å². The quantitative estimate of drug-likeness (QED) is 0.815. The van der Waals surface area contributed by atoms with Crippen molar-refractivity contribution in [1.29, 1.82) is 0 Å². The molecule has 2 saturated carbocycles. The average molecular weight is 232 g/mol. The number of nitrogens with zero attached hydrogens (tertiary/aromatic N) is 2. The summed E-state index contributed by atoms with van der Waals surface area (Å²) in [6.45, 7) is 1.44. The lowest BCUT2D eigenvalue weighted by molar-refractivity contribution is 0.400. The molecule has 92 valence electrons. The van der Waals surface area contributed by atoms with Crippen molar-refractivity contribution >= 4 is 5.69 Å². The fourth-order valence-electron chi connectivity index (χ4n) is 2.28. The zero-order chi connectivity index (χ0) is 11.7. The molecule has 0 aromatic carbocycles. The van der Waals surface area contributed by atoms with Gasteiger partial charge in [-0.1, -0.05) is 6.42 Å². The molecule has 0 saturated heterocycles. The first-order chi connectivity index (χ1) is 8.38. The molecule has 3 rings (SSSR count). The number of nitrogens with one attached hydrogen (secondary N) is 1. The van der Waals surface area contributed by atoms with Crippen LogP contribution >= 0.6 is 0 Å². The summed E-state index contributed by atoms with van der Waals surface area (Å²) in [5, 5.41) is 3.34. The highest BCUT2D eigenvalue weighted by Gasteiger charge is 2.30. The number of hydrogen-bond donors (Lipinski definition) is 2. The van der Waals surface area contributed by atoms with Crippen LogP contribution in [-0.4, -0.2) is 23.1 Å². The van der Waals surface area contributed by atoms with E-state index in [0.717, 1.165) is 18.1 Å². The van der Waals surface area contributed by atoms with Gasteiger partial charge in [-0.15, -0.1) is 0 Å².